The van der Waals surface area contributed by atoms with Gasteiger partial charge in [0.05, 0.1) is 5.52 Å². The van der Waals surface area contributed by atoms with Gasteiger partial charge in [-0.05, 0) is 61.5 Å². The zero-order chi connectivity index (χ0) is 24.2. The number of amides is 1. The van der Waals surface area contributed by atoms with Gasteiger partial charge in [-0.25, -0.2) is 9.97 Å². The molecule has 1 aromatic heterocycles. The Morgan fingerprint density at radius 1 is 1.11 bits per heavy atom. The van der Waals surface area contributed by atoms with Gasteiger partial charge in [-0.3, -0.25) is 4.79 Å². The Balaban J connectivity index is 1.37. The summed E-state index contributed by atoms with van der Waals surface area (Å²) in [6.07, 6.45) is 4.35. The van der Waals surface area contributed by atoms with Gasteiger partial charge in [-0.15, -0.1) is 0 Å². The summed E-state index contributed by atoms with van der Waals surface area (Å²) in [4.78, 5) is 23.3. The molecule has 5 rings (SSSR count). The first-order valence-corrected chi connectivity index (χ1v) is 11.6. The summed E-state index contributed by atoms with van der Waals surface area (Å²) in [5, 5.41) is 7.03. The lowest BCUT2D eigenvalue weighted by Crippen LogP contribution is -2.21. The van der Waals surface area contributed by atoms with E-state index in [1.54, 1.807) is 0 Å². The molecule has 0 aliphatic carbocycles. The summed E-state index contributed by atoms with van der Waals surface area (Å²) in [5.74, 6) is 1.12. The Kier molecular flexibility index (Phi) is 6.41. The highest BCUT2D eigenvalue weighted by Crippen LogP contribution is 2.30. The van der Waals surface area contributed by atoms with E-state index in [-0.39, 0.29) is 12.0 Å². The van der Waals surface area contributed by atoms with Gasteiger partial charge in [0.2, 0.25) is 11.9 Å². The molecule has 0 saturated carbocycles. The van der Waals surface area contributed by atoms with Crippen LogP contribution in [0.3, 0.4) is 0 Å². The Labute approximate surface area is 204 Å². The smallest absolute Gasteiger partial charge is 0.247 e. The third kappa shape index (κ3) is 5.31. The number of aromatic nitrogens is 2. The summed E-state index contributed by atoms with van der Waals surface area (Å²) >= 11 is 0. The Morgan fingerprint density at radius 2 is 1.94 bits per heavy atom. The van der Waals surface area contributed by atoms with Crippen molar-refractivity contribution in [2.75, 3.05) is 30.8 Å². The average Bonchev–Trinajstić information content (AvgIpc) is 3.29. The minimum absolute atomic E-state index is 0.240. The number of hydrogen-bond donors (Lipinski definition) is 2. The summed E-state index contributed by atoms with van der Waals surface area (Å²) in [6.45, 7) is 5.53. The second-order valence-electron chi connectivity index (χ2n) is 8.65. The fourth-order valence-electron chi connectivity index (χ4n) is 4.24. The molecule has 176 valence electrons. The number of anilines is 3. The summed E-state index contributed by atoms with van der Waals surface area (Å²) in [6, 6.07) is 21.5. The maximum absolute atomic E-state index is 11.7. The van der Waals surface area contributed by atoms with Crippen molar-refractivity contribution in [1.29, 1.82) is 0 Å². The third-order valence-corrected chi connectivity index (χ3v) is 6.00. The molecule has 1 aliphatic rings. The van der Waals surface area contributed by atoms with Gasteiger partial charge >= 0.3 is 0 Å². The van der Waals surface area contributed by atoms with Crippen LogP contribution in [0.2, 0.25) is 0 Å². The number of rotatable bonds is 7. The molecule has 0 radical (unpaired) electrons. The number of hydrogen-bond acceptors (Lipinski definition) is 6. The molecule has 1 aliphatic heterocycles. The van der Waals surface area contributed by atoms with Gasteiger partial charge in [0.15, 0.2) is 0 Å². The van der Waals surface area contributed by atoms with E-state index in [9.17, 15) is 4.79 Å². The molecule has 0 spiro atoms. The molecule has 1 fully saturated rings. The molecule has 0 bridgehead atoms. The van der Waals surface area contributed by atoms with Crippen LogP contribution in [0.1, 0.15) is 6.42 Å². The second kappa shape index (κ2) is 9.95. The number of nitrogens with one attached hydrogen (secondary N) is 2. The lowest BCUT2D eigenvalue weighted by atomic mass is 10.0. The molecular formula is C28H27N5O2. The van der Waals surface area contributed by atoms with E-state index in [2.05, 4.69) is 34.1 Å². The number of ether oxygens (including phenoxy) is 1. The standard InChI is InChI=1S/C28H27N5O2/c1-3-26(34)30-22-8-4-6-19(16-22)25-9-5-7-20-17-29-28(32-27(20)25)31-21-10-12-23(13-11-21)35-24-14-15-33(2)18-24/h3-13,16-17,24H,1,14-15,18H2,2H3,(H,30,34)(H,29,31,32)/t24-/m0/s1. The van der Waals surface area contributed by atoms with Gasteiger partial charge in [0.25, 0.3) is 0 Å². The minimum atomic E-state index is -0.249. The molecule has 35 heavy (non-hydrogen) atoms. The van der Waals surface area contributed by atoms with Crippen LogP contribution in [0.4, 0.5) is 17.3 Å². The van der Waals surface area contributed by atoms with Crippen molar-refractivity contribution in [2.24, 2.45) is 0 Å². The number of carbonyl (C=O) groups is 1. The highest BCUT2D eigenvalue weighted by molar-refractivity contribution is 6.00. The van der Waals surface area contributed by atoms with Crippen LogP contribution in [-0.4, -0.2) is 47.0 Å². The molecule has 1 amide bonds. The van der Waals surface area contributed by atoms with Crippen LogP contribution >= 0.6 is 0 Å². The molecule has 7 nitrogen and oxygen atoms in total. The molecule has 1 saturated heterocycles. The van der Waals surface area contributed by atoms with Crippen molar-refractivity contribution >= 4 is 34.1 Å². The molecule has 3 aromatic carbocycles. The fourth-order valence-corrected chi connectivity index (χ4v) is 4.24. The van der Waals surface area contributed by atoms with Crippen LogP contribution < -0.4 is 15.4 Å². The van der Waals surface area contributed by atoms with Gasteiger partial charge < -0.3 is 20.3 Å². The topological polar surface area (TPSA) is 79.4 Å². The van der Waals surface area contributed by atoms with Crippen molar-refractivity contribution in [2.45, 2.75) is 12.5 Å². The number of nitrogens with zero attached hydrogens (tertiary/aromatic N) is 3. The Morgan fingerprint density at radius 3 is 2.71 bits per heavy atom. The number of likely N-dealkylation sites (N-methyl/N-ethyl adjacent to an activating group) is 1. The normalized spacial score (nSPS) is 15.6. The SMILES string of the molecule is C=CC(=O)Nc1cccc(-c2cccc3cnc(Nc4ccc(O[C@H]5CCN(C)C5)cc4)nc23)c1. The van der Waals surface area contributed by atoms with E-state index in [0.29, 0.717) is 11.6 Å². The maximum Gasteiger partial charge on any atom is 0.247 e. The monoisotopic (exact) mass is 465 g/mol. The van der Waals surface area contributed by atoms with E-state index in [1.165, 1.54) is 6.08 Å². The van der Waals surface area contributed by atoms with E-state index in [4.69, 9.17) is 9.72 Å². The zero-order valence-corrected chi connectivity index (χ0v) is 19.6. The highest BCUT2D eigenvalue weighted by atomic mass is 16.5. The zero-order valence-electron chi connectivity index (χ0n) is 19.6. The minimum Gasteiger partial charge on any atom is -0.489 e. The number of fused-ring (bicyclic) bond motifs is 1. The highest BCUT2D eigenvalue weighted by Gasteiger charge is 2.20. The van der Waals surface area contributed by atoms with E-state index in [1.807, 2.05) is 72.9 Å². The van der Waals surface area contributed by atoms with Crippen LogP contribution in [0.15, 0.2) is 85.6 Å². The second-order valence-corrected chi connectivity index (χ2v) is 8.65. The summed E-state index contributed by atoms with van der Waals surface area (Å²) in [5.41, 5.74) is 4.30. The largest absolute Gasteiger partial charge is 0.489 e. The third-order valence-electron chi connectivity index (χ3n) is 6.00. The molecule has 2 heterocycles. The summed E-state index contributed by atoms with van der Waals surface area (Å²) < 4.78 is 6.08. The lowest BCUT2D eigenvalue weighted by Gasteiger charge is -2.14. The van der Waals surface area contributed by atoms with Gasteiger partial charge in [0.1, 0.15) is 11.9 Å². The first kappa shape index (κ1) is 22.6. The average molecular weight is 466 g/mol. The van der Waals surface area contributed by atoms with Crippen molar-refractivity contribution in [3.8, 4) is 16.9 Å². The molecule has 0 unspecified atom stereocenters. The Hall–Kier alpha value is -4.23. The van der Waals surface area contributed by atoms with Gasteiger partial charge in [-0.2, -0.15) is 0 Å². The first-order valence-electron chi connectivity index (χ1n) is 11.6. The van der Waals surface area contributed by atoms with Crippen molar-refractivity contribution < 1.29 is 9.53 Å². The number of benzene rings is 3. The quantitative estimate of drug-likeness (QED) is 0.363. The summed E-state index contributed by atoms with van der Waals surface area (Å²) in [7, 11) is 2.11. The molecule has 4 aromatic rings. The van der Waals surface area contributed by atoms with E-state index in [0.717, 1.165) is 53.0 Å². The van der Waals surface area contributed by atoms with Crippen LogP contribution in [0, 0.1) is 0 Å². The molecule has 1 atom stereocenters. The Bertz CT molecular complexity index is 1370. The lowest BCUT2D eigenvalue weighted by molar-refractivity contribution is -0.111. The molecule has 7 heteroatoms. The van der Waals surface area contributed by atoms with Crippen molar-refractivity contribution in [3.63, 3.8) is 0 Å². The number of likely N-dealkylation sites (tertiary alicyclic amines) is 1. The molecular weight excluding hydrogens is 438 g/mol. The van der Waals surface area contributed by atoms with Crippen LogP contribution in [-0.2, 0) is 4.79 Å². The van der Waals surface area contributed by atoms with Crippen LogP contribution in [0.25, 0.3) is 22.0 Å². The van der Waals surface area contributed by atoms with Gasteiger partial charge in [-0.1, -0.05) is 36.9 Å². The van der Waals surface area contributed by atoms with Crippen LogP contribution in [0.5, 0.6) is 5.75 Å². The van der Waals surface area contributed by atoms with Gasteiger partial charge in [0, 0.05) is 41.6 Å². The van der Waals surface area contributed by atoms with E-state index < -0.39 is 0 Å². The fraction of sp³-hybridized carbons (Fsp3) is 0.179. The predicted octanol–water partition coefficient (Wildman–Crippen LogP) is 5.25. The van der Waals surface area contributed by atoms with Crippen molar-refractivity contribution in [3.05, 3.63) is 85.6 Å². The first-order chi connectivity index (χ1) is 17.1. The molecule has 2 N–H and O–H groups in total. The van der Waals surface area contributed by atoms with E-state index >= 15 is 0 Å². The van der Waals surface area contributed by atoms with Crippen molar-refractivity contribution in [1.82, 2.24) is 14.9 Å². The predicted molar refractivity (Wildman–Crippen MR) is 140 cm³/mol. The number of para-hydroxylation sites is 1. The number of carbonyl (C=O) groups excluding carboxylic acids is 1. The maximum atomic E-state index is 11.7.